The van der Waals surface area contributed by atoms with Gasteiger partial charge in [0.1, 0.15) is 16.4 Å². The van der Waals surface area contributed by atoms with E-state index in [-0.39, 0.29) is 10.6 Å². The van der Waals surface area contributed by atoms with E-state index in [2.05, 4.69) is 0 Å². The number of hydrogen-bond donors (Lipinski definition) is 1. The summed E-state index contributed by atoms with van der Waals surface area (Å²) in [7, 11) is -3.87. The topological polar surface area (TPSA) is 78.6 Å². The SMILES string of the molecule is NCc1ccc(CCOc2cccc(OS(=O)(=O)c3ccccc3)c2)cc1. The molecule has 0 spiro atoms. The Kier molecular flexibility index (Phi) is 6.11. The van der Waals surface area contributed by atoms with Gasteiger partial charge in [0.25, 0.3) is 0 Å². The predicted octanol–water partition coefficient (Wildman–Crippen LogP) is 3.53. The van der Waals surface area contributed by atoms with Crippen molar-refractivity contribution in [3.05, 3.63) is 90.0 Å². The summed E-state index contributed by atoms with van der Waals surface area (Å²) < 4.78 is 35.5. The lowest BCUT2D eigenvalue weighted by atomic mass is 10.1. The van der Waals surface area contributed by atoms with Crippen LogP contribution >= 0.6 is 0 Å². The van der Waals surface area contributed by atoms with Gasteiger partial charge in [-0.2, -0.15) is 8.42 Å². The molecule has 0 saturated heterocycles. The molecule has 5 nitrogen and oxygen atoms in total. The van der Waals surface area contributed by atoms with Crippen LogP contribution in [0.3, 0.4) is 0 Å². The summed E-state index contributed by atoms with van der Waals surface area (Å²) in [6.07, 6.45) is 0.734. The second kappa shape index (κ2) is 8.70. The minimum Gasteiger partial charge on any atom is -0.493 e. The van der Waals surface area contributed by atoms with Crippen LogP contribution in [-0.4, -0.2) is 15.0 Å². The second-order valence-corrected chi connectivity index (χ2v) is 7.49. The van der Waals surface area contributed by atoms with Gasteiger partial charge < -0.3 is 14.7 Å². The van der Waals surface area contributed by atoms with Gasteiger partial charge in [0.2, 0.25) is 0 Å². The van der Waals surface area contributed by atoms with E-state index in [4.69, 9.17) is 14.7 Å². The number of nitrogens with two attached hydrogens (primary N) is 1. The molecule has 2 N–H and O–H groups in total. The van der Waals surface area contributed by atoms with E-state index in [9.17, 15) is 8.42 Å². The molecule has 0 radical (unpaired) electrons. The van der Waals surface area contributed by atoms with Crippen LogP contribution in [0.25, 0.3) is 0 Å². The molecule has 0 aromatic heterocycles. The van der Waals surface area contributed by atoms with Crippen LogP contribution in [0.5, 0.6) is 11.5 Å². The Hall–Kier alpha value is -2.83. The molecular formula is C21H21NO4S. The van der Waals surface area contributed by atoms with E-state index in [1.807, 2.05) is 24.3 Å². The van der Waals surface area contributed by atoms with Gasteiger partial charge in [-0.1, -0.05) is 48.5 Å². The summed E-state index contributed by atoms with van der Waals surface area (Å²) >= 11 is 0. The standard InChI is InChI=1S/C21H21NO4S/c22-16-18-11-9-17(10-12-18)13-14-25-19-5-4-6-20(15-19)26-27(23,24)21-7-2-1-3-8-21/h1-12,15H,13-14,16,22H2. The van der Waals surface area contributed by atoms with E-state index in [1.165, 1.54) is 12.1 Å². The van der Waals surface area contributed by atoms with Gasteiger partial charge in [0.05, 0.1) is 6.61 Å². The molecule has 3 rings (SSSR count). The number of benzene rings is 3. The average Bonchev–Trinajstić information content (AvgIpc) is 2.69. The molecule has 0 bridgehead atoms. The summed E-state index contributed by atoms with van der Waals surface area (Å²) in [4.78, 5) is 0.109. The molecule has 0 saturated carbocycles. The largest absolute Gasteiger partial charge is 0.493 e. The monoisotopic (exact) mass is 383 g/mol. The minimum absolute atomic E-state index is 0.109. The number of rotatable bonds is 8. The van der Waals surface area contributed by atoms with Crippen LogP contribution in [0.4, 0.5) is 0 Å². The van der Waals surface area contributed by atoms with E-state index in [0.717, 1.165) is 17.5 Å². The van der Waals surface area contributed by atoms with Gasteiger partial charge in [0, 0.05) is 19.0 Å². The molecule has 6 heteroatoms. The van der Waals surface area contributed by atoms with Crippen LogP contribution in [0.15, 0.2) is 83.8 Å². The van der Waals surface area contributed by atoms with Crippen molar-refractivity contribution in [2.45, 2.75) is 17.9 Å². The zero-order chi connectivity index (χ0) is 19.1. The van der Waals surface area contributed by atoms with Gasteiger partial charge in [-0.3, -0.25) is 0 Å². The maximum absolute atomic E-state index is 12.3. The Bertz CT molecular complexity index is 971. The highest BCUT2D eigenvalue weighted by Crippen LogP contribution is 2.23. The van der Waals surface area contributed by atoms with Crippen molar-refractivity contribution < 1.29 is 17.3 Å². The fraction of sp³-hybridized carbons (Fsp3) is 0.143. The minimum atomic E-state index is -3.87. The van der Waals surface area contributed by atoms with Crippen molar-refractivity contribution in [3.8, 4) is 11.5 Å². The Morgan fingerprint density at radius 3 is 2.15 bits per heavy atom. The summed E-state index contributed by atoms with van der Waals surface area (Å²) in [6, 6.07) is 22.7. The molecule has 140 valence electrons. The Morgan fingerprint density at radius 2 is 1.44 bits per heavy atom. The molecule has 27 heavy (non-hydrogen) atoms. The zero-order valence-electron chi connectivity index (χ0n) is 14.7. The Morgan fingerprint density at radius 1 is 0.778 bits per heavy atom. The Labute approximate surface area is 159 Å². The molecular weight excluding hydrogens is 362 g/mol. The molecule has 0 atom stereocenters. The summed E-state index contributed by atoms with van der Waals surface area (Å²) in [5.41, 5.74) is 7.82. The third kappa shape index (κ3) is 5.32. The van der Waals surface area contributed by atoms with Gasteiger partial charge in [0.15, 0.2) is 0 Å². The van der Waals surface area contributed by atoms with E-state index in [1.54, 1.807) is 42.5 Å². The van der Waals surface area contributed by atoms with Gasteiger partial charge in [-0.05, 0) is 35.4 Å². The van der Waals surface area contributed by atoms with Crippen molar-refractivity contribution in [1.29, 1.82) is 0 Å². The maximum atomic E-state index is 12.3. The molecule has 0 fully saturated rings. The lowest BCUT2D eigenvalue weighted by molar-refractivity contribution is 0.321. The van der Waals surface area contributed by atoms with Crippen LogP contribution < -0.4 is 14.7 Å². The van der Waals surface area contributed by atoms with Crippen LogP contribution in [0, 0.1) is 0 Å². The lowest BCUT2D eigenvalue weighted by Crippen LogP contribution is -2.09. The first-order valence-corrected chi connectivity index (χ1v) is 9.98. The maximum Gasteiger partial charge on any atom is 0.339 e. The molecule has 3 aromatic rings. The van der Waals surface area contributed by atoms with Crippen molar-refractivity contribution in [2.75, 3.05) is 6.61 Å². The highest BCUT2D eigenvalue weighted by molar-refractivity contribution is 7.87. The average molecular weight is 383 g/mol. The fourth-order valence-corrected chi connectivity index (χ4v) is 3.45. The van der Waals surface area contributed by atoms with Gasteiger partial charge in [-0.25, -0.2) is 0 Å². The highest BCUT2D eigenvalue weighted by Gasteiger charge is 2.16. The van der Waals surface area contributed by atoms with Gasteiger partial charge >= 0.3 is 10.1 Å². The summed E-state index contributed by atoms with van der Waals surface area (Å²) in [5.74, 6) is 0.762. The Balaban J connectivity index is 1.60. The van der Waals surface area contributed by atoms with E-state index >= 15 is 0 Å². The predicted molar refractivity (Wildman–Crippen MR) is 104 cm³/mol. The van der Waals surface area contributed by atoms with E-state index in [0.29, 0.717) is 18.9 Å². The number of ether oxygens (including phenoxy) is 1. The van der Waals surface area contributed by atoms with Crippen LogP contribution in [-0.2, 0) is 23.1 Å². The first kappa shape index (κ1) is 18.9. The van der Waals surface area contributed by atoms with E-state index < -0.39 is 10.1 Å². The smallest absolute Gasteiger partial charge is 0.339 e. The molecule has 0 aliphatic carbocycles. The summed E-state index contributed by atoms with van der Waals surface area (Å²) in [5, 5.41) is 0. The first-order chi connectivity index (χ1) is 13.1. The third-order valence-electron chi connectivity index (χ3n) is 3.96. The third-order valence-corrected chi connectivity index (χ3v) is 5.22. The molecule has 0 unspecified atom stereocenters. The number of hydrogen-bond acceptors (Lipinski definition) is 5. The molecule has 0 heterocycles. The zero-order valence-corrected chi connectivity index (χ0v) is 15.6. The molecule has 0 amide bonds. The van der Waals surface area contributed by atoms with Crippen LogP contribution in [0.1, 0.15) is 11.1 Å². The van der Waals surface area contributed by atoms with Crippen molar-refractivity contribution in [2.24, 2.45) is 5.73 Å². The van der Waals surface area contributed by atoms with Gasteiger partial charge in [-0.15, -0.1) is 0 Å². The molecule has 0 aliphatic heterocycles. The fourth-order valence-electron chi connectivity index (χ4n) is 2.51. The van der Waals surface area contributed by atoms with Crippen molar-refractivity contribution in [3.63, 3.8) is 0 Å². The van der Waals surface area contributed by atoms with Crippen molar-refractivity contribution >= 4 is 10.1 Å². The highest BCUT2D eigenvalue weighted by atomic mass is 32.2. The normalized spacial score (nSPS) is 11.1. The second-order valence-electron chi connectivity index (χ2n) is 5.94. The lowest BCUT2D eigenvalue weighted by Gasteiger charge is -2.10. The van der Waals surface area contributed by atoms with Crippen molar-refractivity contribution in [1.82, 2.24) is 0 Å². The van der Waals surface area contributed by atoms with Crippen LogP contribution in [0.2, 0.25) is 0 Å². The quantitative estimate of drug-likeness (QED) is 0.602. The molecule has 3 aromatic carbocycles. The molecule has 0 aliphatic rings. The first-order valence-electron chi connectivity index (χ1n) is 8.57. The summed E-state index contributed by atoms with van der Waals surface area (Å²) in [6.45, 7) is 0.992.